The number of halogens is 2. The van der Waals surface area contributed by atoms with E-state index in [1.54, 1.807) is 45.8 Å². The molecule has 2 aromatic heterocycles. The smallest absolute Gasteiger partial charge is 0.407 e. The van der Waals surface area contributed by atoms with Crippen molar-refractivity contribution in [3.05, 3.63) is 142 Å². The van der Waals surface area contributed by atoms with Gasteiger partial charge < -0.3 is 39.9 Å². The number of nitrogens with one attached hydrogen (secondary N) is 4. The third-order valence-electron chi connectivity index (χ3n) is 11.7. The van der Waals surface area contributed by atoms with E-state index in [4.69, 9.17) is 42.6 Å². The zero-order valence-corrected chi connectivity index (χ0v) is 37.5. The van der Waals surface area contributed by atoms with E-state index in [0.29, 0.717) is 70.4 Å². The minimum absolute atomic E-state index is 0.150. The molecule has 4 aromatic carbocycles. The third kappa shape index (κ3) is 9.33. The van der Waals surface area contributed by atoms with E-state index in [1.165, 1.54) is 14.2 Å². The van der Waals surface area contributed by atoms with Crippen LogP contribution in [0.25, 0.3) is 33.6 Å². The maximum absolute atomic E-state index is 14.2. The maximum Gasteiger partial charge on any atom is 0.407 e. The highest BCUT2D eigenvalue weighted by Gasteiger charge is 2.42. The molecule has 14 nitrogen and oxygen atoms in total. The summed E-state index contributed by atoms with van der Waals surface area (Å²) in [6, 6.07) is 31.3. The second-order valence-corrected chi connectivity index (χ2v) is 17.4. The molecule has 4 amide bonds. The number of imidazole rings is 2. The molecule has 2 aliphatic heterocycles. The topological polar surface area (TPSA) is 175 Å². The summed E-state index contributed by atoms with van der Waals surface area (Å²) in [5.74, 6) is 0.597. The lowest BCUT2D eigenvalue weighted by Crippen LogP contribution is -2.43. The van der Waals surface area contributed by atoms with Gasteiger partial charge in [0.15, 0.2) is 0 Å². The molecule has 0 saturated carbocycles. The van der Waals surface area contributed by atoms with Crippen LogP contribution in [-0.2, 0) is 19.1 Å². The lowest BCUT2D eigenvalue weighted by atomic mass is 10.0. The number of likely N-dealkylation sites (tertiary alicyclic amines) is 2. The molecule has 0 spiro atoms. The van der Waals surface area contributed by atoms with E-state index >= 15 is 0 Å². The minimum Gasteiger partial charge on any atom is -0.453 e. The van der Waals surface area contributed by atoms with Crippen molar-refractivity contribution >= 4 is 59.0 Å². The van der Waals surface area contributed by atoms with Gasteiger partial charge in [0.2, 0.25) is 0 Å². The van der Waals surface area contributed by atoms with Gasteiger partial charge in [-0.05, 0) is 47.8 Å². The van der Waals surface area contributed by atoms with E-state index in [9.17, 15) is 19.2 Å². The predicted molar refractivity (Wildman–Crippen MR) is 247 cm³/mol. The number of H-pyrrole nitrogens is 2. The van der Waals surface area contributed by atoms with Crippen molar-refractivity contribution in [3.8, 4) is 33.6 Å². The number of ether oxygens (including phenoxy) is 2. The van der Waals surface area contributed by atoms with E-state index in [-0.39, 0.29) is 23.1 Å². The molecule has 17 heteroatoms. The number of benzene rings is 4. The monoisotopic (exact) mass is 920 g/mol. The van der Waals surface area contributed by atoms with Crippen LogP contribution < -0.4 is 10.6 Å². The van der Waals surface area contributed by atoms with Gasteiger partial charge in [0, 0.05) is 29.5 Å². The van der Waals surface area contributed by atoms with E-state index in [2.05, 4.69) is 20.6 Å². The summed E-state index contributed by atoms with van der Waals surface area (Å²) >= 11 is 15.3. The molecule has 0 aliphatic carbocycles. The molecule has 5 atom stereocenters. The van der Waals surface area contributed by atoms with Gasteiger partial charge in [0.05, 0.1) is 26.3 Å². The predicted octanol–water partition coefficient (Wildman–Crippen LogP) is 9.30. The minimum atomic E-state index is -0.949. The van der Waals surface area contributed by atoms with E-state index in [0.717, 1.165) is 28.7 Å². The first-order chi connectivity index (χ1) is 31.1. The van der Waals surface area contributed by atoms with Crippen LogP contribution >= 0.6 is 35.0 Å². The molecule has 0 bridgehead atoms. The zero-order chi connectivity index (χ0) is 44.9. The first kappa shape index (κ1) is 44.3. The standard InChI is InChI=1S/C47H46Cl2N8O6S/c1-62-46(60)52-38(29-11-6-4-7-12-29)44(58)56-24-10-15-34(56)42-50-36(40(48)54-42)31-20-16-27(17-21-31)28-18-22-32(23-19-28)37-41(49)55-43(51-37)35-25-33(64-3)26-57(35)45(59)39(53-47(61)63-2)30-13-8-5-9-14-30/h4-9,11-14,16-23,33-35,38-39H,10,15,24-26H2,1-3H3,(H,50,54)(H,51,55)(H,52,60)(H,53,61)/t33-,34-,35-,38?,39?/m0/s1. The quantitative estimate of drug-likeness (QED) is 0.0933. The molecule has 0 radical (unpaired) electrons. The summed E-state index contributed by atoms with van der Waals surface area (Å²) in [5, 5.41) is 6.28. The Kier molecular flexibility index (Phi) is 13.6. The first-order valence-corrected chi connectivity index (χ1v) is 22.8. The summed E-state index contributed by atoms with van der Waals surface area (Å²) in [6.45, 7) is 0.967. The first-order valence-electron chi connectivity index (χ1n) is 20.7. The Morgan fingerprint density at radius 2 is 1.09 bits per heavy atom. The number of aromatic amines is 2. The summed E-state index contributed by atoms with van der Waals surface area (Å²) in [7, 11) is 2.53. The number of hydrogen-bond acceptors (Lipinski definition) is 9. The largest absolute Gasteiger partial charge is 0.453 e. The number of rotatable bonds is 12. The van der Waals surface area contributed by atoms with Gasteiger partial charge >= 0.3 is 12.2 Å². The highest BCUT2D eigenvalue weighted by Crippen LogP contribution is 2.41. The molecule has 6 aromatic rings. The highest BCUT2D eigenvalue weighted by molar-refractivity contribution is 7.99. The summed E-state index contributed by atoms with van der Waals surface area (Å²) in [4.78, 5) is 72.6. The summed E-state index contributed by atoms with van der Waals surface area (Å²) in [5.41, 5.74) is 5.94. The van der Waals surface area contributed by atoms with E-state index in [1.807, 2.05) is 91.2 Å². The number of methoxy groups -OCH3 is 2. The number of amides is 4. The summed E-state index contributed by atoms with van der Waals surface area (Å²) in [6.07, 6.45) is 2.71. The molecule has 2 saturated heterocycles. The molecule has 64 heavy (non-hydrogen) atoms. The Balaban J connectivity index is 0.973. The number of nitrogens with zero attached hydrogens (tertiary/aromatic N) is 4. The molecule has 2 fully saturated rings. The van der Waals surface area contributed by atoms with Crippen molar-refractivity contribution in [1.82, 2.24) is 40.4 Å². The van der Waals surface area contributed by atoms with Crippen LogP contribution in [0.4, 0.5) is 9.59 Å². The highest BCUT2D eigenvalue weighted by atomic mass is 35.5. The number of carbonyl (C=O) groups excluding carboxylic acids is 4. The van der Waals surface area contributed by atoms with Crippen LogP contribution in [0.3, 0.4) is 0 Å². The second-order valence-electron chi connectivity index (χ2n) is 15.5. The Morgan fingerprint density at radius 3 is 1.55 bits per heavy atom. The van der Waals surface area contributed by atoms with Gasteiger partial charge in [0.1, 0.15) is 45.4 Å². The van der Waals surface area contributed by atoms with E-state index < -0.39 is 30.3 Å². The zero-order valence-electron chi connectivity index (χ0n) is 35.2. The van der Waals surface area contributed by atoms with Crippen LogP contribution in [-0.4, -0.2) is 92.6 Å². The normalized spacial score (nSPS) is 18.0. The van der Waals surface area contributed by atoms with Crippen molar-refractivity contribution in [1.29, 1.82) is 0 Å². The Bertz CT molecular complexity index is 2610. The fourth-order valence-electron chi connectivity index (χ4n) is 8.41. The number of alkyl carbamates (subject to hydrolysis) is 2. The lowest BCUT2D eigenvalue weighted by molar-refractivity contribution is -0.135. The third-order valence-corrected chi connectivity index (χ3v) is 13.3. The van der Waals surface area contributed by atoms with Crippen LogP contribution in [0.2, 0.25) is 10.3 Å². The molecular weight excluding hydrogens is 876 g/mol. The van der Waals surface area contributed by atoms with Crippen LogP contribution in [0.1, 0.15) is 66.2 Å². The maximum atomic E-state index is 14.2. The molecule has 2 unspecified atom stereocenters. The van der Waals surface area contributed by atoms with Crippen LogP contribution in [0.15, 0.2) is 109 Å². The van der Waals surface area contributed by atoms with Crippen molar-refractivity contribution in [2.75, 3.05) is 33.6 Å². The lowest BCUT2D eigenvalue weighted by Gasteiger charge is -2.28. The molecule has 4 heterocycles. The Hall–Kier alpha value is -6.29. The average Bonchev–Trinajstić information content (AvgIpc) is 4.16. The fourth-order valence-corrected chi connectivity index (χ4v) is 9.60. The van der Waals surface area contributed by atoms with Crippen molar-refractivity contribution in [3.63, 3.8) is 0 Å². The Labute approximate surface area is 384 Å². The number of aromatic nitrogens is 4. The SMILES string of the molecule is COC(=O)NC(C(=O)N1CCC[C@H]1c1nc(-c2ccc(-c3ccc(-c4nc([C@@H]5C[C@H](SC)CN5C(=O)C(NC(=O)OC)c5ccccc5)[nH]c4Cl)cc3)cc2)c(Cl)[nH]1)c1ccccc1. The van der Waals surface area contributed by atoms with Crippen molar-refractivity contribution < 1.29 is 28.7 Å². The van der Waals surface area contributed by atoms with Crippen molar-refractivity contribution in [2.24, 2.45) is 0 Å². The van der Waals surface area contributed by atoms with Crippen LogP contribution in [0, 0.1) is 0 Å². The molecular formula is C47H46Cl2N8O6S. The van der Waals surface area contributed by atoms with Gasteiger partial charge in [-0.1, -0.05) is 132 Å². The van der Waals surface area contributed by atoms with Crippen molar-refractivity contribution in [2.45, 2.75) is 48.7 Å². The van der Waals surface area contributed by atoms with Crippen LogP contribution in [0.5, 0.6) is 0 Å². The number of thioether (sulfide) groups is 1. The van der Waals surface area contributed by atoms with Gasteiger partial charge in [0.25, 0.3) is 11.8 Å². The molecule has 2 aliphatic rings. The van der Waals surface area contributed by atoms with Gasteiger partial charge in [-0.2, -0.15) is 11.8 Å². The Morgan fingerprint density at radius 1 is 0.656 bits per heavy atom. The average molecular weight is 922 g/mol. The molecule has 8 rings (SSSR count). The molecule has 4 N–H and O–H groups in total. The van der Waals surface area contributed by atoms with Gasteiger partial charge in [-0.25, -0.2) is 19.6 Å². The molecule has 330 valence electrons. The summed E-state index contributed by atoms with van der Waals surface area (Å²) < 4.78 is 9.69. The van der Waals surface area contributed by atoms with Gasteiger partial charge in [-0.15, -0.1) is 0 Å². The number of hydrogen-bond donors (Lipinski definition) is 4. The number of carbonyl (C=O) groups is 4. The second kappa shape index (κ2) is 19.6. The van der Waals surface area contributed by atoms with Gasteiger partial charge in [-0.3, -0.25) is 9.59 Å². The fraction of sp³-hybridized carbons (Fsp3) is 0.277.